The van der Waals surface area contributed by atoms with Crippen LogP contribution < -0.4 is 0 Å². The minimum absolute atomic E-state index is 0.0148. The molecule has 13 nitrogen and oxygen atoms in total. The minimum atomic E-state index is -1.99. The molecule has 0 aromatic carbocycles. The van der Waals surface area contributed by atoms with Gasteiger partial charge in [-0.3, -0.25) is 14.4 Å². The molecule has 0 aromatic rings. The second kappa shape index (κ2) is 13.9. The molecule has 0 saturated carbocycles. The lowest BCUT2D eigenvalue weighted by Crippen LogP contribution is -2.51. The fourth-order valence-electron chi connectivity index (χ4n) is 5.28. The summed E-state index contributed by atoms with van der Waals surface area (Å²) in [4.78, 5) is 90.0. The van der Waals surface area contributed by atoms with Gasteiger partial charge in [-0.2, -0.15) is 11.8 Å². The second-order valence-corrected chi connectivity index (χ2v) is 12.6. The zero-order chi connectivity index (χ0) is 30.5. The van der Waals surface area contributed by atoms with Crippen molar-refractivity contribution >= 4 is 65.0 Å². The average Bonchev–Trinajstić information content (AvgIpc) is 3.66. The number of carboxylic acid groups (broad SMARTS) is 2. The van der Waals surface area contributed by atoms with E-state index in [0.29, 0.717) is 38.8 Å². The molecule has 2 N–H and O–H groups in total. The van der Waals surface area contributed by atoms with Gasteiger partial charge in [0.05, 0.1) is 6.61 Å². The monoisotopic (exact) mass is 616 g/mol. The maximum Gasteiger partial charge on any atom is 0.377 e. The number of nitrogens with zero attached hydrogens (tertiary/aromatic N) is 2. The van der Waals surface area contributed by atoms with Gasteiger partial charge in [-0.25, -0.2) is 19.2 Å². The van der Waals surface area contributed by atoms with Crippen LogP contribution in [0.4, 0.5) is 0 Å². The summed E-state index contributed by atoms with van der Waals surface area (Å²) in [5, 5.41) is 17.5. The van der Waals surface area contributed by atoms with Gasteiger partial charge in [0.2, 0.25) is 17.4 Å². The van der Waals surface area contributed by atoms with E-state index >= 15 is 0 Å². The molecule has 15 heteroatoms. The predicted molar refractivity (Wildman–Crippen MR) is 147 cm³/mol. The Bertz CT molecular complexity index is 1090. The van der Waals surface area contributed by atoms with E-state index in [0.717, 1.165) is 23.5 Å². The summed E-state index contributed by atoms with van der Waals surface area (Å²) in [7, 11) is 0. The number of Topliss-reactive ketones (excluding diaryl/α,β-unsaturated/α-hetero) is 1. The van der Waals surface area contributed by atoms with E-state index in [9.17, 15) is 43.8 Å². The standard InChI is InChI=1S/C26H36N2O11S2/c1-4-38-25(37)26(13-40-11-14(2)20(30)27-9-5-7-16(27)22(32)33)19(18(29)24(36)39-26)41-12-15(3)21(31)28-10-6-8-17(28)23(34)35/h14-17,19H,4-13H2,1-3H3,(H,32,33)(H,34,35)/t14-,15-,16-,17-,19?,26?/m0/s1. The highest BCUT2D eigenvalue weighted by Gasteiger charge is 2.62. The fraction of sp³-hybridized carbons (Fsp3) is 0.731. The number of esters is 2. The minimum Gasteiger partial charge on any atom is -0.480 e. The van der Waals surface area contributed by atoms with Gasteiger partial charge in [-0.15, -0.1) is 11.8 Å². The summed E-state index contributed by atoms with van der Waals surface area (Å²) < 4.78 is 10.6. The fourth-order valence-corrected chi connectivity index (χ4v) is 8.01. The van der Waals surface area contributed by atoms with Crippen molar-refractivity contribution in [3.05, 3.63) is 0 Å². The first-order valence-corrected chi connectivity index (χ1v) is 15.8. The maximum absolute atomic E-state index is 13.2. The van der Waals surface area contributed by atoms with Crippen molar-refractivity contribution < 1.29 is 53.2 Å². The van der Waals surface area contributed by atoms with Gasteiger partial charge < -0.3 is 29.5 Å². The number of rotatable bonds is 13. The number of likely N-dealkylation sites (tertiary alicyclic amines) is 2. The van der Waals surface area contributed by atoms with E-state index in [-0.39, 0.29) is 29.8 Å². The lowest BCUT2D eigenvalue weighted by Gasteiger charge is -2.31. The third-order valence-electron chi connectivity index (χ3n) is 7.44. The maximum atomic E-state index is 13.2. The highest BCUT2D eigenvalue weighted by Crippen LogP contribution is 2.39. The molecule has 3 aliphatic heterocycles. The zero-order valence-corrected chi connectivity index (χ0v) is 24.9. The quantitative estimate of drug-likeness (QED) is 0.218. The number of ether oxygens (including phenoxy) is 2. The number of aliphatic carboxylic acids is 2. The van der Waals surface area contributed by atoms with E-state index < -0.39 is 70.3 Å². The smallest absolute Gasteiger partial charge is 0.377 e. The third-order valence-corrected chi connectivity index (χ3v) is 10.4. The number of hydrogen-bond donors (Lipinski definition) is 2. The highest BCUT2D eigenvalue weighted by molar-refractivity contribution is 8.01. The van der Waals surface area contributed by atoms with Gasteiger partial charge in [0, 0.05) is 42.2 Å². The molecular weight excluding hydrogens is 580 g/mol. The van der Waals surface area contributed by atoms with Gasteiger partial charge >= 0.3 is 23.9 Å². The Morgan fingerprint density at radius 1 is 0.951 bits per heavy atom. The topological polar surface area (TPSA) is 185 Å². The van der Waals surface area contributed by atoms with E-state index in [2.05, 4.69) is 0 Å². The van der Waals surface area contributed by atoms with Crippen molar-refractivity contribution in [1.29, 1.82) is 0 Å². The van der Waals surface area contributed by atoms with Crippen LogP contribution >= 0.6 is 23.5 Å². The number of ketones is 1. The predicted octanol–water partition coefficient (Wildman–Crippen LogP) is 0.673. The molecule has 2 amide bonds. The Morgan fingerprint density at radius 3 is 1.95 bits per heavy atom. The van der Waals surface area contributed by atoms with Crippen LogP contribution in [0.5, 0.6) is 0 Å². The normalized spacial score (nSPS) is 27.4. The first kappa shape index (κ1) is 32.7. The van der Waals surface area contributed by atoms with Crippen LogP contribution in [0.2, 0.25) is 0 Å². The number of hydrogen-bond acceptors (Lipinski definition) is 11. The number of thioether (sulfide) groups is 2. The number of carbonyl (C=O) groups excluding carboxylic acids is 5. The molecule has 0 bridgehead atoms. The van der Waals surface area contributed by atoms with Crippen LogP contribution in [-0.2, 0) is 43.0 Å². The molecule has 0 radical (unpaired) electrons. The van der Waals surface area contributed by atoms with Crippen LogP contribution in [0.25, 0.3) is 0 Å². The molecule has 3 saturated heterocycles. The molecule has 3 fully saturated rings. The van der Waals surface area contributed by atoms with Crippen LogP contribution in [0, 0.1) is 11.8 Å². The Labute approximate surface area is 246 Å². The molecule has 2 unspecified atom stereocenters. The van der Waals surface area contributed by atoms with Gasteiger partial charge in [-0.1, -0.05) is 13.8 Å². The molecule has 3 heterocycles. The second-order valence-electron chi connectivity index (χ2n) is 10.5. The number of cyclic esters (lactones) is 1. The number of carbonyl (C=O) groups is 7. The van der Waals surface area contributed by atoms with Gasteiger partial charge in [0.15, 0.2) is 0 Å². The summed E-state index contributed by atoms with van der Waals surface area (Å²) >= 11 is 2.01. The van der Waals surface area contributed by atoms with E-state index in [1.54, 1.807) is 20.8 Å². The highest BCUT2D eigenvalue weighted by atomic mass is 32.2. The van der Waals surface area contributed by atoms with E-state index in [1.165, 1.54) is 9.80 Å². The van der Waals surface area contributed by atoms with Crippen molar-refractivity contribution in [2.45, 2.75) is 69.4 Å². The van der Waals surface area contributed by atoms with Crippen molar-refractivity contribution in [1.82, 2.24) is 9.80 Å². The third kappa shape index (κ3) is 6.99. The molecule has 3 rings (SSSR count). The van der Waals surface area contributed by atoms with Crippen molar-refractivity contribution in [3.63, 3.8) is 0 Å². The van der Waals surface area contributed by atoms with Crippen molar-refractivity contribution in [2.24, 2.45) is 11.8 Å². The van der Waals surface area contributed by atoms with Crippen LogP contribution in [-0.4, -0.2) is 121 Å². The number of carboxylic acids is 2. The van der Waals surface area contributed by atoms with Gasteiger partial charge in [0.1, 0.15) is 17.3 Å². The zero-order valence-electron chi connectivity index (χ0n) is 23.2. The molecule has 6 atom stereocenters. The molecule has 228 valence electrons. The molecule has 41 heavy (non-hydrogen) atoms. The lowest BCUT2D eigenvalue weighted by molar-refractivity contribution is -0.171. The average molecular weight is 617 g/mol. The Kier molecular flexibility index (Phi) is 11.1. The van der Waals surface area contributed by atoms with E-state index in [1.807, 2.05) is 0 Å². The summed E-state index contributed by atoms with van der Waals surface area (Å²) in [6.45, 7) is 5.38. The van der Waals surface area contributed by atoms with Crippen molar-refractivity contribution in [3.8, 4) is 0 Å². The SMILES string of the molecule is CCOC(=O)C1(CSC[C@H](C)C(=O)N2CCC[C@H]2C(=O)O)OC(=O)C(=O)C1SC[C@H](C)C(=O)N1CCC[C@H]1C(=O)O. The molecular formula is C26H36N2O11S2. The summed E-state index contributed by atoms with van der Waals surface area (Å²) in [6.07, 6.45) is 1.87. The lowest BCUT2D eigenvalue weighted by atomic mass is 10.0. The summed E-state index contributed by atoms with van der Waals surface area (Å²) in [5.41, 5.74) is -1.99. The van der Waals surface area contributed by atoms with Gasteiger partial charge in [0.25, 0.3) is 5.78 Å². The van der Waals surface area contributed by atoms with Crippen LogP contribution in [0.3, 0.4) is 0 Å². The molecule has 0 aromatic heterocycles. The Balaban J connectivity index is 1.70. The first-order chi connectivity index (χ1) is 19.3. The summed E-state index contributed by atoms with van der Waals surface area (Å²) in [5.74, 6) is -7.31. The largest absolute Gasteiger partial charge is 0.480 e. The first-order valence-electron chi connectivity index (χ1n) is 13.6. The molecule has 0 spiro atoms. The molecule has 0 aliphatic carbocycles. The van der Waals surface area contributed by atoms with Crippen LogP contribution in [0.15, 0.2) is 0 Å². The molecule has 3 aliphatic rings. The van der Waals surface area contributed by atoms with Crippen molar-refractivity contribution in [2.75, 3.05) is 37.0 Å². The summed E-state index contributed by atoms with van der Waals surface area (Å²) in [6, 6.07) is -1.80. The van der Waals surface area contributed by atoms with E-state index in [4.69, 9.17) is 9.47 Å². The Hall–Kier alpha value is -2.81. The van der Waals surface area contributed by atoms with Crippen LogP contribution in [0.1, 0.15) is 46.5 Å². The Morgan fingerprint density at radius 2 is 1.46 bits per heavy atom. The number of amides is 2. The van der Waals surface area contributed by atoms with Gasteiger partial charge in [-0.05, 0) is 32.6 Å².